The van der Waals surface area contributed by atoms with Crippen LogP contribution in [0.5, 0.6) is 0 Å². The molecule has 2 heterocycles. The van der Waals surface area contributed by atoms with E-state index in [0.717, 1.165) is 18.2 Å². The predicted octanol–water partition coefficient (Wildman–Crippen LogP) is 0.924. The summed E-state index contributed by atoms with van der Waals surface area (Å²) in [5.74, 6) is 0.536. The van der Waals surface area contributed by atoms with Gasteiger partial charge in [0.2, 0.25) is 0 Å². The largest absolute Gasteiger partial charge is 0.359 e. The van der Waals surface area contributed by atoms with Gasteiger partial charge < -0.3 is 10.2 Å². The Bertz CT molecular complexity index is 373. The molecule has 0 bridgehead atoms. The molecule has 0 spiro atoms. The Hall–Kier alpha value is -0.360. The van der Waals surface area contributed by atoms with Crippen molar-refractivity contribution < 1.29 is 8.42 Å². The lowest BCUT2D eigenvalue weighted by molar-refractivity contribution is 0.420. The van der Waals surface area contributed by atoms with Crippen LogP contribution in [-0.2, 0) is 9.84 Å². The molecule has 0 amide bonds. The topological polar surface area (TPSA) is 49.4 Å². The number of sulfone groups is 1. The van der Waals surface area contributed by atoms with Gasteiger partial charge in [-0.15, -0.1) is 0 Å². The van der Waals surface area contributed by atoms with E-state index in [-0.39, 0.29) is 11.8 Å². The van der Waals surface area contributed by atoms with Crippen LogP contribution in [0.15, 0.2) is 0 Å². The predicted molar refractivity (Wildman–Crippen MR) is 72.8 cm³/mol. The third-order valence-electron chi connectivity index (χ3n) is 3.45. The van der Waals surface area contributed by atoms with E-state index in [0.29, 0.717) is 12.2 Å². The molecular formula is C11H20N2O2S2. The van der Waals surface area contributed by atoms with Gasteiger partial charge in [-0.3, -0.25) is 0 Å². The summed E-state index contributed by atoms with van der Waals surface area (Å²) in [4.78, 5) is 2.19. The molecule has 6 heteroatoms. The lowest BCUT2D eigenvalue weighted by Crippen LogP contribution is -2.45. The van der Waals surface area contributed by atoms with Gasteiger partial charge in [-0.25, -0.2) is 8.42 Å². The van der Waals surface area contributed by atoms with E-state index in [9.17, 15) is 8.42 Å². The number of rotatable bonds is 1. The first-order valence-corrected chi connectivity index (χ1v) is 8.56. The first-order chi connectivity index (χ1) is 8.07. The van der Waals surface area contributed by atoms with Crippen LogP contribution in [0.25, 0.3) is 0 Å². The van der Waals surface area contributed by atoms with Crippen LogP contribution in [0.1, 0.15) is 32.1 Å². The average Bonchev–Trinajstić information content (AvgIpc) is 2.52. The van der Waals surface area contributed by atoms with Crippen molar-refractivity contribution in [2.75, 3.05) is 24.6 Å². The highest BCUT2D eigenvalue weighted by molar-refractivity contribution is 7.91. The molecule has 0 aromatic heterocycles. The van der Waals surface area contributed by atoms with E-state index in [1.165, 1.54) is 25.7 Å². The fourth-order valence-corrected chi connectivity index (χ4v) is 4.47. The van der Waals surface area contributed by atoms with Crippen LogP contribution in [0.2, 0.25) is 0 Å². The molecule has 2 saturated heterocycles. The smallest absolute Gasteiger partial charge is 0.169 e. The van der Waals surface area contributed by atoms with E-state index in [1.807, 2.05) is 0 Å². The molecule has 1 atom stereocenters. The van der Waals surface area contributed by atoms with Gasteiger partial charge in [-0.05, 0) is 31.5 Å². The van der Waals surface area contributed by atoms with E-state index < -0.39 is 9.84 Å². The van der Waals surface area contributed by atoms with Crippen LogP contribution in [0.4, 0.5) is 0 Å². The Labute approximate surface area is 109 Å². The molecule has 0 unspecified atom stereocenters. The quantitative estimate of drug-likeness (QED) is 0.722. The molecule has 2 aliphatic heterocycles. The van der Waals surface area contributed by atoms with Gasteiger partial charge in [0.1, 0.15) is 0 Å². The van der Waals surface area contributed by atoms with Crippen molar-refractivity contribution in [3.8, 4) is 0 Å². The molecule has 0 aliphatic carbocycles. The van der Waals surface area contributed by atoms with Gasteiger partial charge in [0.25, 0.3) is 0 Å². The van der Waals surface area contributed by atoms with Crippen LogP contribution in [0.3, 0.4) is 0 Å². The molecule has 2 rings (SSSR count). The molecule has 98 valence electrons. The molecule has 4 nitrogen and oxygen atoms in total. The molecule has 0 radical (unpaired) electrons. The third kappa shape index (κ3) is 3.81. The van der Waals surface area contributed by atoms with Gasteiger partial charge in [-0.1, -0.05) is 12.8 Å². The van der Waals surface area contributed by atoms with E-state index in [4.69, 9.17) is 12.2 Å². The minimum absolute atomic E-state index is 0.0238. The van der Waals surface area contributed by atoms with Crippen molar-refractivity contribution in [1.29, 1.82) is 0 Å². The minimum Gasteiger partial charge on any atom is -0.359 e. The first kappa shape index (κ1) is 13.1. The van der Waals surface area contributed by atoms with Gasteiger partial charge in [-0.2, -0.15) is 0 Å². The highest BCUT2D eigenvalue weighted by Crippen LogP contribution is 2.13. The third-order valence-corrected chi connectivity index (χ3v) is 5.60. The Kier molecular flexibility index (Phi) is 4.25. The Morgan fingerprint density at radius 3 is 2.35 bits per heavy atom. The zero-order chi connectivity index (χ0) is 12.3. The van der Waals surface area contributed by atoms with Crippen molar-refractivity contribution in [2.24, 2.45) is 0 Å². The minimum atomic E-state index is -2.82. The summed E-state index contributed by atoms with van der Waals surface area (Å²) in [6.07, 6.45) is 5.61. The van der Waals surface area contributed by atoms with Crippen molar-refractivity contribution in [1.82, 2.24) is 10.2 Å². The lowest BCUT2D eigenvalue weighted by atomic mass is 10.2. The molecule has 17 heavy (non-hydrogen) atoms. The number of hydrogen-bond acceptors (Lipinski definition) is 3. The Balaban J connectivity index is 1.84. The number of likely N-dealkylation sites (tertiary alicyclic amines) is 1. The fraction of sp³-hybridized carbons (Fsp3) is 0.909. The summed E-state index contributed by atoms with van der Waals surface area (Å²) in [7, 11) is -2.82. The first-order valence-electron chi connectivity index (χ1n) is 6.33. The number of hydrogen-bond donors (Lipinski definition) is 1. The Morgan fingerprint density at radius 2 is 1.82 bits per heavy atom. The fourth-order valence-electron chi connectivity index (χ4n) is 2.45. The standard InChI is InChI=1S/C11H20N2O2S2/c14-17(15)8-5-10(9-17)12-11(16)13-6-3-1-2-4-7-13/h10H,1-9H2,(H,12,16)/t10-/m0/s1. The van der Waals surface area contributed by atoms with Gasteiger partial charge in [0.05, 0.1) is 11.5 Å². The van der Waals surface area contributed by atoms with Crippen LogP contribution >= 0.6 is 12.2 Å². The normalized spacial score (nSPS) is 28.7. The second-order valence-corrected chi connectivity index (χ2v) is 7.57. The highest BCUT2D eigenvalue weighted by atomic mass is 32.2. The molecular weight excluding hydrogens is 256 g/mol. The summed E-state index contributed by atoms with van der Waals surface area (Å²) in [6.45, 7) is 2.01. The van der Waals surface area contributed by atoms with Crippen LogP contribution < -0.4 is 5.32 Å². The summed E-state index contributed by atoms with van der Waals surface area (Å²) < 4.78 is 22.7. The molecule has 0 aromatic rings. The molecule has 0 saturated carbocycles. The van der Waals surface area contributed by atoms with Gasteiger partial charge >= 0.3 is 0 Å². The Morgan fingerprint density at radius 1 is 1.18 bits per heavy atom. The maximum Gasteiger partial charge on any atom is 0.169 e. The monoisotopic (exact) mass is 276 g/mol. The van der Waals surface area contributed by atoms with Crippen molar-refractivity contribution >= 4 is 27.2 Å². The second kappa shape index (κ2) is 5.52. The number of thiocarbonyl (C=S) groups is 1. The van der Waals surface area contributed by atoms with Crippen molar-refractivity contribution in [3.05, 3.63) is 0 Å². The van der Waals surface area contributed by atoms with E-state index in [2.05, 4.69) is 10.2 Å². The lowest BCUT2D eigenvalue weighted by Gasteiger charge is -2.26. The van der Waals surface area contributed by atoms with Gasteiger partial charge in [0, 0.05) is 19.1 Å². The number of nitrogens with zero attached hydrogens (tertiary/aromatic N) is 1. The number of nitrogens with one attached hydrogen (secondary N) is 1. The van der Waals surface area contributed by atoms with Crippen LogP contribution in [-0.4, -0.2) is 49.1 Å². The SMILES string of the molecule is O=S1(=O)CC[C@H](NC(=S)N2CCCCCC2)C1. The zero-order valence-electron chi connectivity index (χ0n) is 10.0. The van der Waals surface area contributed by atoms with Crippen molar-refractivity contribution in [3.63, 3.8) is 0 Å². The maximum atomic E-state index is 11.4. The van der Waals surface area contributed by atoms with E-state index in [1.54, 1.807) is 0 Å². The highest BCUT2D eigenvalue weighted by Gasteiger charge is 2.29. The summed E-state index contributed by atoms with van der Waals surface area (Å²) in [5.41, 5.74) is 0. The van der Waals surface area contributed by atoms with Crippen LogP contribution in [0, 0.1) is 0 Å². The van der Waals surface area contributed by atoms with Crippen molar-refractivity contribution in [2.45, 2.75) is 38.1 Å². The average molecular weight is 276 g/mol. The molecule has 0 aromatic carbocycles. The second-order valence-electron chi connectivity index (χ2n) is 4.95. The summed E-state index contributed by atoms with van der Waals surface area (Å²) >= 11 is 5.37. The molecule has 1 N–H and O–H groups in total. The maximum absolute atomic E-state index is 11.4. The van der Waals surface area contributed by atoms with Gasteiger partial charge in [0.15, 0.2) is 14.9 Å². The summed E-state index contributed by atoms with van der Waals surface area (Å²) in [6, 6.07) is 0.0238. The molecule has 2 aliphatic rings. The molecule has 2 fully saturated rings. The zero-order valence-corrected chi connectivity index (χ0v) is 11.7. The van der Waals surface area contributed by atoms with E-state index >= 15 is 0 Å². The summed E-state index contributed by atoms with van der Waals surface area (Å²) in [5, 5.41) is 3.95.